The Bertz CT molecular complexity index is 458. The number of anilines is 1. The molecule has 6 nitrogen and oxygen atoms in total. The maximum Gasteiger partial charge on any atom is 0.241 e. The number of nitrogens with two attached hydrogens (primary N) is 1. The fraction of sp³-hybridized carbons (Fsp3) is 0.583. The van der Waals surface area contributed by atoms with Gasteiger partial charge in [-0.1, -0.05) is 13.8 Å². The largest absolute Gasteiger partial charge is 0.396 e. The Morgan fingerprint density at radius 3 is 2.78 bits per heavy atom. The lowest BCUT2D eigenvalue weighted by atomic mass is 10.2. The van der Waals surface area contributed by atoms with Crippen molar-refractivity contribution >= 4 is 11.6 Å². The smallest absolute Gasteiger partial charge is 0.241 e. The van der Waals surface area contributed by atoms with Crippen molar-refractivity contribution in [2.45, 2.75) is 39.7 Å². The van der Waals surface area contributed by atoms with Crippen molar-refractivity contribution in [1.29, 1.82) is 5.26 Å². The van der Waals surface area contributed by atoms with Crippen molar-refractivity contribution in [3.05, 3.63) is 11.4 Å². The van der Waals surface area contributed by atoms with E-state index < -0.39 is 0 Å². The minimum absolute atomic E-state index is 0.148. The number of rotatable bonds is 6. The minimum atomic E-state index is -0.148. The first-order valence-electron chi connectivity index (χ1n) is 6.11. The fourth-order valence-electron chi connectivity index (χ4n) is 1.78. The number of aryl methyl sites for hydroxylation is 1. The van der Waals surface area contributed by atoms with E-state index in [9.17, 15) is 4.79 Å². The summed E-state index contributed by atoms with van der Waals surface area (Å²) in [7, 11) is 0. The Morgan fingerprint density at radius 1 is 1.50 bits per heavy atom. The third kappa shape index (κ3) is 3.23. The molecule has 0 aliphatic heterocycles. The molecule has 0 fully saturated rings. The molecule has 0 atom stereocenters. The molecule has 0 saturated heterocycles. The average molecular weight is 249 g/mol. The van der Waals surface area contributed by atoms with E-state index >= 15 is 0 Å². The quantitative estimate of drug-likeness (QED) is 0.722. The maximum atomic E-state index is 11.6. The zero-order valence-electron chi connectivity index (χ0n) is 10.9. The van der Waals surface area contributed by atoms with Crippen LogP contribution in [-0.2, 0) is 24.2 Å². The fourth-order valence-corrected chi connectivity index (χ4v) is 1.78. The third-order valence-electron chi connectivity index (χ3n) is 2.70. The molecule has 0 radical (unpaired) electrons. The van der Waals surface area contributed by atoms with Gasteiger partial charge in [-0.05, 0) is 12.8 Å². The number of amides is 1. The number of aromatic nitrogens is 2. The van der Waals surface area contributed by atoms with Gasteiger partial charge in [0.05, 0.1) is 29.6 Å². The van der Waals surface area contributed by atoms with Crippen molar-refractivity contribution < 1.29 is 4.79 Å². The molecule has 0 aromatic carbocycles. The van der Waals surface area contributed by atoms with Gasteiger partial charge in [-0.2, -0.15) is 10.4 Å². The molecular formula is C12H19N5O. The number of carbonyl (C=O) groups is 1. The highest BCUT2D eigenvalue weighted by Gasteiger charge is 2.14. The van der Waals surface area contributed by atoms with Crippen LogP contribution >= 0.6 is 0 Å². The summed E-state index contributed by atoms with van der Waals surface area (Å²) in [5.41, 5.74) is 8.37. The molecule has 1 aromatic heterocycles. The Kier molecular flexibility index (Phi) is 5.18. The first kappa shape index (κ1) is 14.0. The normalized spacial score (nSPS) is 10.1. The summed E-state index contributed by atoms with van der Waals surface area (Å²) in [6.07, 6.45) is 1.81. The number of nitrogens with one attached hydrogen (secondary N) is 1. The van der Waals surface area contributed by atoms with Gasteiger partial charge in [0.15, 0.2) is 0 Å². The van der Waals surface area contributed by atoms with Crippen molar-refractivity contribution in [2.75, 3.05) is 12.3 Å². The van der Waals surface area contributed by atoms with Crippen molar-refractivity contribution in [3.8, 4) is 6.07 Å². The molecule has 98 valence electrons. The SMILES string of the molecule is CCc1nn(CC(=O)NCCC#N)c(CC)c1N. The molecule has 6 heteroatoms. The number of hydrogen-bond donors (Lipinski definition) is 2. The van der Waals surface area contributed by atoms with E-state index in [1.807, 2.05) is 19.9 Å². The van der Waals surface area contributed by atoms with Crippen LogP contribution in [0.3, 0.4) is 0 Å². The second kappa shape index (κ2) is 6.64. The summed E-state index contributed by atoms with van der Waals surface area (Å²) in [5, 5.41) is 15.4. The van der Waals surface area contributed by atoms with E-state index in [4.69, 9.17) is 11.0 Å². The summed E-state index contributed by atoms with van der Waals surface area (Å²) < 4.78 is 1.65. The van der Waals surface area contributed by atoms with Gasteiger partial charge in [0.2, 0.25) is 5.91 Å². The topological polar surface area (TPSA) is 96.7 Å². The zero-order chi connectivity index (χ0) is 13.5. The third-order valence-corrected chi connectivity index (χ3v) is 2.70. The van der Waals surface area contributed by atoms with Gasteiger partial charge < -0.3 is 11.1 Å². The Labute approximate surface area is 107 Å². The summed E-state index contributed by atoms with van der Waals surface area (Å²) in [5.74, 6) is -0.148. The molecule has 0 spiro atoms. The molecule has 18 heavy (non-hydrogen) atoms. The van der Waals surface area contributed by atoms with Gasteiger partial charge in [-0.3, -0.25) is 9.48 Å². The summed E-state index contributed by atoms with van der Waals surface area (Å²) in [6.45, 7) is 4.49. The molecular weight excluding hydrogens is 230 g/mol. The lowest BCUT2D eigenvalue weighted by Gasteiger charge is -2.06. The lowest BCUT2D eigenvalue weighted by Crippen LogP contribution is -2.29. The van der Waals surface area contributed by atoms with Crippen LogP contribution in [0.15, 0.2) is 0 Å². The molecule has 1 amide bonds. The number of carbonyl (C=O) groups excluding carboxylic acids is 1. The van der Waals surface area contributed by atoms with E-state index in [1.165, 1.54) is 0 Å². The average Bonchev–Trinajstić information content (AvgIpc) is 2.65. The highest BCUT2D eigenvalue weighted by molar-refractivity contribution is 5.75. The standard InChI is InChI=1S/C12H19N5O/c1-3-9-12(14)10(4-2)17(16-9)8-11(18)15-7-5-6-13/h3-5,7-8,14H2,1-2H3,(H,15,18). The summed E-state index contributed by atoms with van der Waals surface area (Å²) in [6, 6.07) is 1.97. The monoisotopic (exact) mass is 249 g/mol. The van der Waals surface area contributed by atoms with Gasteiger partial charge in [-0.15, -0.1) is 0 Å². The van der Waals surface area contributed by atoms with Crippen LogP contribution in [0.5, 0.6) is 0 Å². The van der Waals surface area contributed by atoms with E-state index in [1.54, 1.807) is 4.68 Å². The number of nitriles is 1. The molecule has 1 aromatic rings. The zero-order valence-corrected chi connectivity index (χ0v) is 10.9. The summed E-state index contributed by atoms with van der Waals surface area (Å²) >= 11 is 0. The van der Waals surface area contributed by atoms with Gasteiger partial charge in [0.1, 0.15) is 6.54 Å². The van der Waals surface area contributed by atoms with E-state index in [0.29, 0.717) is 18.7 Å². The predicted molar refractivity (Wildman–Crippen MR) is 68.6 cm³/mol. The first-order valence-corrected chi connectivity index (χ1v) is 6.11. The van der Waals surface area contributed by atoms with Crippen molar-refractivity contribution in [2.24, 2.45) is 0 Å². The van der Waals surface area contributed by atoms with Crippen molar-refractivity contribution in [3.63, 3.8) is 0 Å². The second-order valence-electron chi connectivity index (χ2n) is 3.93. The van der Waals surface area contributed by atoms with Crippen LogP contribution in [0.4, 0.5) is 5.69 Å². The van der Waals surface area contributed by atoms with Crippen LogP contribution in [0.25, 0.3) is 0 Å². The number of nitrogen functional groups attached to an aromatic ring is 1. The molecule has 1 rings (SSSR count). The molecule has 1 heterocycles. The van der Waals surface area contributed by atoms with Crippen LogP contribution in [-0.4, -0.2) is 22.2 Å². The molecule has 0 bridgehead atoms. The second-order valence-corrected chi connectivity index (χ2v) is 3.93. The maximum absolute atomic E-state index is 11.6. The van der Waals surface area contributed by atoms with Gasteiger partial charge >= 0.3 is 0 Å². The highest BCUT2D eigenvalue weighted by atomic mass is 16.2. The molecule has 0 aliphatic carbocycles. The Morgan fingerprint density at radius 2 is 2.22 bits per heavy atom. The lowest BCUT2D eigenvalue weighted by molar-refractivity contribution is -0.121. The molecule has 0 saturated carbocycles. The van der Waals surface area contributed by atoms with Gasteiger partial charge in [-0.25, -0.2) is 0 Å². The Balaban J connectivity index is 2.72. The van der Waals surface area contributed by atoms with Gasteiger partial charge in [0, 0.05) is 6.54 Å². The molecule has 3 N–H and O–H groups in total. The van der Waals surface area contributed by atoms with Crippen LogP contribution < -0.4 is 11.1 Å². The predicted octanol–water partition coefficient (Wildman–Crippen LogP) is 0.620. The van der Waals surface area contributed by atoms with E-state index in [-0.39, 0.29) is 12.5 Å². The molecule has 0 unspecified atom stereocenters. The van der Waals surface area contributed by atoms with E-state index in [2.05, 4.69) is 10.4 Å². The van der Waals surface area contributed by atoms with Crippen LogP contribution in [0.1, 0.15) is 31.7 Å². The molecule has 0 aliphatic rings. The van der Waals surface area contributed by atoms with E-state index in [0.717, 1.165) is 24.2 Å². The minimum Gasteiger partial charge on any atom is -0.396 e. The number of nitrogens with zero attached hydrogens (tertiary/aromatic N) is 3. The summed E-state index contributed by atoms with van der Waals surface area (Å²) in [4.78, 5) is 11.6. The van der Waals surface area contributed by atoms with Gasteiger partial charge in [0.25, 0.3) is 0 Å². The van der Waals surface area contributed by atoms with Crippen LogP contribution in [0.2, 0.25) is 0 Å². The highest BCUT2D eigenvalue weighted by Crippen LogP contribution is 2.18. The first-order chi connectivity index (χ1) is 8.63. The van der Waals surface area contributed by atoms with Crippen LogP contribution in [0, 0.1) is 11.3 Å². The van der Waals surface area contributed by atoms with Crippen molar-refractivity contribution in [1.82, 2.24) is 15.1 Å². The number of hydrogen-bond acceptors (Lipinski definition) is 4. The Hall–Kier alpha value is -2.03.